The molecule has 146 valence electrons. The molecular weight excluding hydrogens is 374 g/mol. The van der Waals surface area contributed by atoms with Crippen LogP contribution in [0.5, 0.6) is 0 Å². The molecule has 0 fully saturated rings. The van der Waals surface area contributed by atoms with Crippen molar-refractivity contribution in [3.8, 4) is 10.8 Å². The van der Waals surface area contributed by atoms with E-state index < -0.39 is 0 Å². The monoisotopic (exact) mass is 397 g/mol. The molecular formula is C21H23N3O3S. The van der Waals surface area contributed by atoms with Crippen LogP contribution in [0.25, 0.3) is 10.8 Å². The molecule has 2 N–H and O–H groups in total. The summed E-state index contributed by atoms with van der Waals surface area (Å²) in [6, 6.07) is 11.1. The van der Waals surface area contributed by atoms with Crippen molar-refractivity contribution in [3.05, 3.63) is 58.8 Å². The Labute approximate surface area is 168 Å². The van der Waals surface area contributed by atoms with Gasteiger partial charge in [-0.15, -0.1) is 11.3 Å². The zero-order valence-electron chi connectivity index (χ0n) is 16.1. The number of benzene rings is 1. The second-order valence-electron chi connectivity index (χ2n) is 6.93. The Morgan fingerprint density at radius 3 is 2.75 bits per heavy atom. The number of hydrogen-bond donors (Lipinski definition) is 2. The lowest BCUT2D eigenvalue weighted by Gasteiger charge is -2.09. The van der Waals surface area contributed by atoms with E-state index in [4.69, 9.17) is 4.42 Å². The second-order valence-corrected chi connectivity index (χ2v) is 8.13. The van der Waals surface area contributed by atoms with Crippen molar-refractivity contribution in [1.29, 1.82) is 0 Å². The average Bonchev–Trinajstić information content (AvgIpc) is 3.28. The molecule has 2 heterocycles. The van der Waals surface area contributed by atoms with Gasteiger partial charge in [0.05, 0.1) is 6.26 Å². The quantitative estimate of drug-likeness (QED) is 0.609. The molecule has 28 heavy (non-hydrogen) atoms. The van der Waals surface area contributed by atoms with Gasteiger partial charge in [-0.25, -0.2) is 4.98 Å². The molecule has 2 amide bonds. The predicted octanol–water partition coefficient (Wildman–Crippen LogP) is 4.63. The Hall–Kier alpha value is -2.93. The van der Waals surface area contributed by atoms with Crippen LogP contribution >= 0.6 is 11.3 Å². The zero-order chi connectivity index (χ0) is 20.1. The van der Waals surface area contributed by atoms with Crippen LogP contribution in [0.3, 0.4) is 0 Å². The smallest absolute Gasteiger partial charge is 0.271 e. The van der Waals surface area contributed by atoms with Gasteiger partial charge in [0.25, 0.3) is 5.91 Å². The first kappa shape index (κ1) is 19.8. The zero-order valence-corrected chi connectivity index (χ0v) is 16.9. The second kappa shape index (κ2) is 8.84. The third-order valence-electron chi connectivity index (χ3n) is 4.00. The third-order valence-corrected chi connectivity index (χ3v) is 4.99. The summed E-state index contributed by atoms with van der Waals surface area (Å²) in [7, 11) is 0. The first-order valence-electron chi connectivity index (χ1n) is 9.10. The Balaban J connectivity index is 1.62. The van der Waals surface area contributed by atoms with Gasteiger partial charge in [0.1, 0.15) is 5.69 Å². The summed E-state index contributed by atoms with van der Waals surface area (Å²) in [6.45, 7) is 6.22. The van der Waals surface area contributed by atoms with E-state index in [1.807, 2.05) is 51.1 Å². The molecule has 6 nitrogen and oxygen atoms in total. The van der Waals surface area contributed by atoms with Crippen LogP contribution in [-0.4, -0.2) is 16.8 Å². The number of amides is 2. The van der Waals surface area contributed by atoms with Crippen LogP contribution in [0.4, 0.5) is 5.69 Å². The van der Waals surface area contributed by atoms with Crippen LogP contribution in [0.15, 0.2) is 47.1 Å². The Morgan fingerprint density at radius 1 is 1.21 bits per heavy atom. The maximum Gasteiger partial charge on any atom is 0.271 e. The summed E-state index contributed by atoms with van der Waals surface area (Å²) in [6.07, 6.45) is 2.06. The van der Waals surface area contributed by atoms with Gasteiger partial charge in [-0.2, -0.15) is 0 Å². The number of furan rings is 1. The number of thiazole rings is 1. The van der Waals surface area contributed by atoms with E-state index in [1.165, 1.54) is 11.3 Å². The van der Waals surface area contributed by atoms with Crippen molar-refractivity contribution in [3.63, 3.8) is 0 Å². The summed E-state index contributed by atoms with van der Waals surface area (Å²) in [5.41, 5.74) is 2.02. The molecule has 0 aliphatic carbocycles. The highest BCUT2D eigenvalue weighted by atomic mass is 32.1. The predicted molar refractivity (Wildman–Crippen MR) is 110 cm³/mol. The van der Waals surface area contributed by atoms with E-state index >= 15 is 0 Å². The molecule has 0 aliphatic rings. The summed E-state index contributed by atoms with van der Waals surface area (Å²) in [4.78, 5) is 29.7. The number of carbonyl (C=O) groups is 2. The average molecular weight is 398 g/mol. The van der Waals surface area contributed by atoms with Crippen molar-refractivity contribution < 1.29 is 14.0 Å². The molecule has 7 heteroatoms. The number of aromatic nitrogens is 1. The first-order valence-corrected chi connectivity index (χ1v) is 9.92. The minimum absolute atomic E-state index is 0.0141. The van der Waals surface area contributed by atoms with Crippen LogP contribution < -0.4 is 10.6 Å². The molecule has 0 atom stereocenters. The fourth-order valence-corrected chi connectivity index (χ4v) is 3.60. The van der Waals surface area contributed by atoms with E-state index in [0.29, 0.717) is 35.3 Å². The van der Waals surface area contributed by atoms with Gasteiger partial charge in [-0.3, -0.25) is 9.59 Å². The molecule has 0 saturated heterocycles. The number of carbonyl (C=O) groups excluding carboxylic acids is 2. The SMILES string of the molecule is Cc1sc(-c2ccco2)nc1C(=O)NCc1cccc(NC(=O)CC(C)C)c1. The van der Waals surface area contributed by atoms with Crippen LogP contribution in [0.1, 0.15) is 41.2 Å². The fraction of sp³-hybridized carbons (Fsp3) is 0.286. The summed E-state index contributed by atoms with van der Waals surface area (Å²) in [5, 5.41) is 6.46. The molecule has 2 aromatic heterocycles. The van der Waals surface area contributed by atoms with Gasteiger partial charge in [-0.1, -0.05) is 26.0 Å². The lowest BCUT2D eigenvalue weighted by molar-refractivity contribution is -0.116. The number of anilines is 1. The maximum atomic E-state index is 12.5. The normalized spacial score (nSPS) is 10.9. The molecule has 0 bridgehead atoms. The van der Waals surface area contributed by atoms with E-state index in [2.05, 4.69) is 15.6 Å². The minimum Gasteiger partial charge on any atom is -0.462 e. The number of rotatable bonds is 7. The van der Waals surface area contributed by atoms with Crippen molar-refractivity contribution >= 4 is 28.8 Å². The van der Waals surface area contributed by atoms with E-state index in [0.717, 1.165) is 16.1 Å². The number of nitrogens with one attached hydrogen (secondary N) is 2. The van der Waals surface area contributed by atoms with Gasteiger partial charge in [0.15, 0.2) is 10.8 Å². The number of aryl methyl sites for hydroxylation is 1. The topological polar surface area (TPSA) is 84.2 Å². The van der Waals surface area contributed by atoms with Crippen LogP contribution in [0.2, 0.25) is 0 Å². The molecule has 0 spiro atoms. The van der Waals surface area contributed by atoms with E-state index in [1.54, 1.807) is 12.3 Å². The summed E-state index contributed by atoms with van der Waals surface area (Å²) < 4.78 is 5.35. The standard InChI is InChI=1S/C21H23N3O3S/c1-13(2)10-18(25)23-16-7-4-6-15(11-16)12-22-20(26)19-14(3)28-21(24-19)17-8-5-9-27-17/h4-9,11,13H,10,12H2,1-3H3,(H,22,26)(H,23,25). The van der Waals surface area contributed by atoms with Crippen molar-refractivity contribution in [2.24, 2.45) is 5.92 Å². The largest absolute Gasteiger partial charge is 0.462 e. The molecule has 3 rings (SSSR count). The lowest BCUT2D eigenvalue weighted by atomic mass is 10.1. The third kappa shape index (κ3) is 5.07. The first-order chi connectivity index (χ1) is 13.4. The van der Waals surface area contributed by atoms with Crippen LogP contribution in [-0.2, 0) is 11.3 Å². The maximum absolute atomic E-state index is 12.5. The van der Waals surface area contributed by atoms with Gasteiger partial charge in [0.2, 0.25) is 5.91 Å². The fourth-order valence-electron chi connectivity index (χ4n) is 2.72. The summed E-state index contributed by atoms with van der Waals surface area (Å²) in [5.74, 6) is 0.701. The van der Waals surface area contributed by atoms with Gasteiger partial charge in [0, 0.05) is 23.5 Å². The van der Waals surface area contributed by atoms with E-state index in [9.17, 15) is 9.59 Å². The Morgan fingerprint density at radius 2 is 2.04 bits per heavy atom. The summed E-state index contributed by atoms with van der Waals surface area (Å²) >= 11 is 1.42. The highest BCUT2D eigenvalue weighted by Gasteiger charge is 2.17. The van der Waals surface area contributed by atoms with Crippen molar-refractivity contribution in [2.75, 3.05) is 5.32 Å². The Kier molecular flexibility index (Phi) is 6.26. The van der Waals surface area contributed by atoms with Gasteiger partial charge >= 0.3 is 0 Å². The van der Waals surface area contributed by atoms with Crippen molar-refractivity contribution in [2.45, 2.75) is 33.7 Å². The molecule has 1 aromatic carbocycles. The number of hydrogen-bond acceptors (Lipinski definition) is 5. The van der Waals surface area contributed by atoms with Gasteiger partial charge < -0.3 is 15.1 Å². The molecule has 0 unspecified atom stereocenters. The van der Waals surface area contributed by atoms with Crippen LogP contribution in [0, 0.1) is 12.8 Å². The molecule has 0 radical (unpaired) electrons. The molecule has 0 saturated carbocycles. The van der Waals surface area contributed by atoms with Gasteiger partial charge in [-0.05, 0) is 42.7 Å². The van der Waals surface area contributed by atoms with E-state index in [-0.39, 0.29) is 11.8 Å². The highest BCUT2D eigenvalue weighted by Crippen LogP contribution is 2.27. The minimum atomic E-state index is -0.235. The van der Waals surface area contributed by atoms with Crippen molar-refractivity contribution in [1.82, 2.24) is 10.3 Å². The Bertz CT molecular complexity index is 961. The number of nitrogens with zero attached hydrogens (tertiary/aromatic N) is 1. The lowest BCUT2D eigenvalue weighted by Crippen LogP contribution is -2.24. The molecule has 0 aliphatic heterocycles. The molecule has 3 aromatic rings. The highest BCUT2D eigenvalue weighted by molar-refractivity contribution is 7.15.